The Labute approximate surface area is 151 Å². The summed E-state index contributed by atoms with van der Waals surface area (Å²) in [4.78, 5) is -0.160. The van der Waals surface area contributed by atoms with Gasteiger partial charge in [0.05, 0.1) is 23.9 Å². The molecule has 0 atom stereocenters. The number of rotatable bonds is 5. The van der Waals surface area contributed by atoms with Crippen molar-refractivity contribution in [3.8, 4) is 5.75 Å². The van der Waals surface area contributed by atoms with Crippen LogP contribution in [0.1, 0.15) is 5.56 Å². The van der Waals surface area contributed by atoms with Crippen molar-refractivity contribution in [3.05, 3.63) is 54.1 Å². The Kier molecular flexibility index (Phi) is 7.05. The summed E-state index contributed by atoms with van der Waals surface area (Å²) >= 11 is 0. The van der Waals surface area contributed by atoms with Crippen molar-refractivity contribution >= 4 is 22.0 Å². The van der Waals surface area contributed by atoms with Crippen molar-refractivity contribution in [2.45, 2.75) is 4.90 Å². The third-order valence-electron chi connectivity index (χ3n) is 2.68. The smallest absolute Gasteiger partial charge is 0.497 e. The van der Waals surface area contributed by atoms with Gasteiger partial charge in [-0.2, -0.15) is 13.5 Å². The van der Waals surface area contributed by atoms with E-state index in [4.69, 9.17) is 9.29 Å². The summed E-state index contributed by atoms with van der Waals surface area (Å²) in [5, 5.41) is 4.03. The van der Waals surface area contributed by atoms with E-state index in [2.05, 4.69) is 10.5 Å². The molecule has 2 N–H and O–H groups in total. The van der Waals surface area contributed by atoms with Crippen LogP contribution in [0.4, 0.5) is 5.69 Å². The van der Waals surface area contributed by atoms with Crippen LogP contribution in [-0.2, 0) is 10.1 Å². The first kappa shape index (κ1) is 18.7. The number of anilines is 1. The number of hydrogen-bond acceptors (Lipinski definition) is 5. The summed E-state index contributed by atoms with van der Waals surface area (Å²) < 4.78 is 35.7. The summed E-state index contributed by atoms with van der Waals surface area (Å²) in [5.41, 5.74) is 4.25. The SMILES string of the molecule is COc1ccc(/C=N/Nc2ccc(S(=O)(=O)O)cc2)cc1.[Na+]. The number of ether oxygens (including phenoxy) is 1. The van der Waals surface area contributed by atoms with Crippen molar-refractivity contribution in [2.24, 2.45) is 5.10 Å². The predicted octanol–water partition coefficient (Wildman–Crippen LogP) is -0.608. The van der Waals surface area contributed by atoms with E-state index >= 15 is 0 Å². The van der Waals surface area contributed by atoms with Gasteiger partial charge in [-0.05, 0) is 54.1 Å². The largest absolute Gasteiger partial charge is 1.00 e. The van der Waals surface area contributed by atoms with E-state index in [1.807, 2.05) is 24.3 Å². The van der Waals surface area contributed by atoms with Crippen LogP contribution in [0, 0.1) is 0 Å². The molecule has 8 heteroatoms. The van der Waals surface area contributed by atoms with E-state index < -0.39 is 10.1 Å². The van der Waals surface area contributed by atoms with Crippen LogP contribution < -0.4 is 39.7 Å². The zero-order valence-corrected chi connectivity index (χ0v) is 15.0. The Morgan fingerprint density at radius 3 is 2.18 bits per heavy atom. The number of nitrogens with zero attached hydrogens (tertiary/aromatic N) is 1. The first-order valence-electron chi connectivity index (χ1n) is 6.00. The van der Waals surface area contributed by atoms with Crippen LogP contribution in [0.25, 0.3) is 0 Å². The molecule has 0 spiro atoms. The molecule has 0 bridgehead atoms. The molecule has 2 rings (SSSR count). The molecule has 0 unspecified atom stereocenters. The topological polar surface area (TPSA) is 88.0 Å². The standard InChI is InChI=1S/C14H14N2O4S.Na/c1-20-13-6-2-11(3-7-13)10-15-16-12-4-8-14(9-5-12)21(17,18)19;/h2-10,16H,1H3,(H,17,18,19);/q;+1/b15-10+;. The Bertz CT molecular complexity index is 728. The third kappa shape index (κ3) is 5.43. The van der Waals surface area contributed by atoms with E-state index in [1.54, 1.807) is 13.3 Å². The molecule has 6 nitrogen and oxygen atoms in total. The number of nitrogens with one attached hydrogen (secondary N) is 1. The van der Waals surface area contributed by atoms with Crippen molar-refractivity contribution in [1.29, 1.82) is 0 Å². The summed E-state index contributed by atoms with van der Waals surface area (Å²) in [7, 11) is -2.57. The Balaban J connectivity index is 0.00000242. The quantitative estimate of drug-likeness (QED) is 0.331. The van der Waals surface area contributed by atoms with Gasteiger partial charge in [-0.15, -0.1) is 0 Å². The second kappa shape index (κ2) is 8.30. The van der Waals surface area contributed by atoms with Gasteiger partial charge in [-0.1, -0.05) is 0 Å². The fourth-order valence-electron chi connectivity index (χ4n) is 1.57. The summed E-state index contributed by atoms with van der Waals surface area (Å²) in [6, 6.07) is 12.9. The maximum atomic E-state index is 10.9. The van der Waals surface area contributed by atoms with Crippen LogP contribution in [0.3, 0.4) is 0 Å². The van der Waals surface area contributed by atoms with Crippen LogP contribution >= 0.6 is 0 Å². The third-order valence-corrected chi connectivity index (χ3v) is 3.54. The van der Waals surface area contributed by atoms with E-state index in [0.29, 0.717) is 5.69 Å². The number of hydrazone groups is 1. The van der Waals surface area contributed by atoms with Crippen LogP contribution in [0.5, 0.6) is 5.75 Å². The van der Waals surface area contributed by atoms with Crippen LogP contribution in [0.2, 0.25) is 0 Å². The minimum Gasteiger partial charge on any atom is -0.497 e. The van der Waals surface area contributed by atoms with E-state index in [0.717, 1.165) is 11.3 Å². The van der Waals surface area contributed by atoms with Crippen molar-refractivity contribution in [3.63, 3.8) is 0 Å². The predicted molar refractivity (Wildman–Crippen MR) is 80.5 cm³/mol. The Morgan fingerprint density at radius 2 is 1.68 bits per heavy atom. The first-order valence-corrected chi connectivity index (χ1v) is 7.44. The first-order chi connectivity index (χ1) is 9.99. The van der Waals surface area contributed by atoms with Gasteiger partial charge in [0, 0.05) is 0 Å². The molecule has 0 aliphatic carbocycles. The molecular weight excluding hydrogens is 315 g/mol. The molecule has 2 aromatic carbocycles. The summed E-state index contributed by atoms with van der Waals surface area (Å²) in [5.74, 6) is 0.765. The minimum atomic E-state index is -4.17. The van der Waals surface area contributed by atoms with Gasteiger partial charge in [0.2, 0.25) is 0 Å². The van der Waals surface area contributed by atoms with Gasteiger partial charge in [0.15, 0.2) is 0 Å². The monoisotopic (exact) mass is 329 g/mol. The van der Waals surface area contributed by atoms with Gasteiger partial charge in [-0.25, -0.2) is 0 Å². The fourth-order valence-corrected chi connectivity index (χ4v) is 2.05. The molecule has 0 aliphatic rings. The van der Waals surface area contributed by atoms with Gasteiger partial charge in [-0.3, -0.25) is 9.98 Å². The number of methoxy groups -OCH3 is 1. The second-order valence-electron chi connectivity index (χ2n) is 4.14. The van der Waals surface area contributed by atoms with Crippen molar-refractivity contribution in [2.75, 3.05) is 12.5 Å². The molecule has 0 radical (unpaired) electrons. The summed E-state index contributed by atoms with van der Waals surface area (Å²) in [6.45, 7) is 0. The minimum absolute atomic E-state index is 0. The van der Waals surface area contributed by atoms with E-state index in [9.17, 15) is 8.42 Å². The molecular formula is C14H14N2NaO4S+. The maximum Gasteiger partial charge on any atom is 1.00 e. The van der Waals surface area contributed by atoms with Gasteiger partial charge >= 0.3 is 29.6 Å². The Morgan fingerprint density at radius 1 is 1.09 bits per heavy atom. The molecule has 22 heavy (non-hydrogen) atoms. The molecule has 0 saturated carbocycles. The summed E-state index contributed by atoms with van der Waals surface area (Å²) in [6.07, 6.45) is 1.62. The normalized spacial score (nSPS) is 11.0. The maximum absolute atomic E-state index is 10.9. The van der Waals surface area contributed by atoms with Gasteiger partial charge in [0.1, 0.15) is 5.75 Å². The molecule has 0 amide bonds. The van der Waals surface area contributed by atoms with Gasteiger partial charge in [0.25, 0.3) is 10.1 Å². The van der Waals surface area contributed by atoms with Crippen LogP contribution in [-0.4, -0.2) is 26.3 Å². The molecule has 0 heterocycles. The molecule has 2 aromatic rings. The average Bonchev–Trinajstić information content (AvgIpc) is 2.47. The molecule has 0 fully saturated rings. The van der Waals surface area contributed by atoms with Crippen molar-refractivity contribution < 1.29 is 47.3 Å². The molecule has 0 aromatic heterocycles. The number of hydrogen-bond donors (Lipinski definition) is 2. The van der Waals surface area contributed by atoms with Crippen LogP contribution in [0.15, 0.2) is 58.5 Å². The average molecular weight is 329 g/mol. The van der Waals surface area contributed by atoms with Gasteiger partial charge < -0.3 is 4.74 Å². The Hall–Kier alpha value is -1.38. The molecule has 0 saturated heterocycles. The van der Waals surface area contributed by atoms with E-state index in [1.165, 1.54) is 24.3 Å². The zero-order valence-electron chi connectivity index (χ0n) is 12.2. The molecule has 110 valence electrons. The molecule has 0 aliphatic heterocycles. The van der Waals surface area contributed by atoms with E-state index in [-0.39, 0.29) is 34.5 Å². The zero-order chi connectivity index (χ0) is 15.3. The second-order valence-corrected chi connectivity index (χ2v) is 5.56. The number of benzene rings is 2. The van der Waals surface area contributed by atoms with Crippen molar-refractivity contribution in [1.82, 2.24) is 0 Å². The fraction of sp³-hybridized carbons (Fsp3) is 0.0714.